The monoisotopic (exact) mass is 606 g/mol. The van der Waals surface area contributed by atoms with Gasteiger partial charge in [-0.1, -0.05) is 42.5 Å². The predicted octanol–water partition coefficient (Wildman–Crippen LogP) is 1.85. The summed E-state index contributed by atoms with van der Waals surface area (Å²) >= 11 is 0. The minimum atomic E-state index is 0. The lowest BCUT2D eigenvalue weighted by molar-refractivity contribution is -0.894. The summed E-state index contributed by atoms with van der Waals surface area (Å²) in [5.74, 6) is 0.227. The molecule has 2 aromatic carbocycles. The maximum atomic E-state index is 12.9. The molecule has 0 spiro atoms. The van der Waals surface area contributed by atoms with Crippen LogP contribution in [0.1, 0.15) is 34.5 Å². The minimum absolute atomic E-state index is 0. The number of pyridine rings is 1. The van der Waals surface area contributed by atoms with Crippen molar-refractivity contribution in [2.24, 2.45) is 7.05 Å². The fourth-order valence-corrected chi connectivity index (χ4v) is 5.97. The van der Waals surface area contributed by atoms with Gasteiger partial charge in [-0.25, -0.2) is 0 Å². The number of aryl methyl sites for hydroxylation is 2. The van der Waals surface area contributed by atoms with Gasteiger partial charge in [-0.05, 0) is 48.1 Å². The van der Waals surface area contributed by atoms with Crippen LogP contribution in [0.5, 0.6) is 0 Å². The molecule has 0 radical (unpaired) electrons. The summed E-state index contributed by atoms with van der Waals surface area (Å²) in [6.45, 7) is 3.73. The van der Waals surface area contributed by atoms with Gasteiger partial charge in [-0.3, -0.25) is 9.78 Å². The van der Waals surface area contributed by atoms with E-state index in [9.17, 15) is 4.79 Å². The van der Waals surface area contributed by atoms with Crippen LogP contribution in [0.25, 0.3) is 33.8 Å². The van der Waals surface area contributed by atoms with Crippen LogP contribution >= 0.6 is 0 Å². The van der Waals surface area contributed by atoms with Crippen molar-refractivity contribution in [1.29, 1.82) is 0 Å². The molecule has 0 N–H and O–H groups in total. The molecule has 1 aliphatic carbocycles. The van der Waals surface area contributed by atoms with Gasteiger partial charge >= 0.3 is 0 Å². The maximum absolute atomic E-state index is 12.9. The number of rotatable bonds is 4. The Morgan fingerprint density at radius 2 is 1.84 bits per heavy atom. The van der Waals surface area contributed by atoms with E-state index in [-0.39, 0.29) is 29.9 Å². The lowest BCUT2D eigenvalue weighted by Gasteiger charge is -2.39. The van der Waals surface area contributed by atoms with Crippen LogP contribution in [0.2, 0.25) is 0 Å². The van der Waals surface area contributed by atoms with Crippen LogP contribution in [0, 0.1) is 0 Å². The second-order valence-corrected chi connectivity index (χ2v) is 11.1. The van der Waals surface area contributed by atoms with Crippen molar-refractivity contribution >= 4 is 39.7 Å². The Labute approximate surface area is 236 Å². The van der Waals surface area contributed by atoms with Crippen LogP contribution in [0.3, 0.4) is 0 Å². The molecule has 1 fully saturated rings. The number of piperazine rings is 1. The molecule has 192 valence electrons. The lowest BCUT2D eigenvalue weighted by atomic mass is 10.0. The first-order valence-electron chi connectivity index (χ1n) is 13.1. The van der Waals surface area contributed by atoms with Gasteiger partial charge in [0.25, 0.3) is 0 Å². The van der Waals surface area contributed by atoms with Crippen LogP contribution < -0.4 is 24.0 Å². The van der Waals surface area contributed by atoms with Crippen molar-refractivity contribution in [3.63, 3.8) is 0 Å². The Balaban J connectivity index is 0.00000280. The molecule has 1 saturated heterocycles. The van der Waals surface area contributed by atoms with E-state index in [1.54, 1.807) is 0 Å². The summed E-state index contributed by atoms with van der Waals surface area (Å²) in [6.07, 6.45) is 10.3. The molecule has 1 amide bonds. The molecule has 0 atom stereocenters. The summed E-state index contributed by atoms with van der Waals surface area (Å²) in [6, 6.07) is 15.0. The fourth-order valence-electron chi connectivity index (χ4n) is 5.97. The number of likely N-dealkylation sites (N-methyl/N-ethyl adjacent to an activating group) is 1. The van der Waals surface area contributed by atoms with Crippen molar-refractivity contribution in [3.05, 3.63) is 76.7 Å². The average molecular weight is 607 g/mol. The molecule has 6 heteroatoms. The molecule has 3 heterocycles. The van der Waals surface area contributed by atoms with E-state index < -0.39 is 0 Å². The summed E-state index contributed by atoms with van der Waals surface area (Å²) in [5, 5.41) is 3.84. The van der Waals surface area contributed by atoms with Crippen LogP contribution in [-0.2, 0) is 31.1 Å². The van der Waals surface area contributed by atoms with Gasteiger partial charge in [0.15, 0.2) is 0 Å². The second-order valence-electron chi connectivity index (χ2n) is 11.1. The van der Waals surface area contributed by atoms with Crippen LogP contribution in [0.15, 0.2) is 48.7 Å². The van der Waals surface area contributed by atoms with Crippen molar-refractivity contribution in [2.75, 3.05) is 40.3 Å². The second kappa shape index (κ2) is 10.2. The number of hydrogen-bond donors (Lipinski definition) is 0. The number of aromatic nitrogens is 2. The van der Waals surface area contributed by atoms with E-state index in [0.717, 1.165) is 47.5 Å². The van der Waals surface area contributed by atoms with E-state index in [4.69, 9.17) is 4.98 Å². The molecule has 37 heavy (non-hydrogen) atoms. The first-order valence-corrected chi connectivity index (χ1v) is 13.1. The number of fused-ring (bicyclic) bond motifs is 5. The molecule has 0 unspecified atom stereocenters. The third kappa shape index (κ3) is 5.06. The SMILES string of the molecule is Cn1c2c(c3ccc4cnc(/C=C/c5cccc(CC(=O)N6CC[N+](C)(C)CC6)c5)cc4c31)CCC2.[I-]. The van der Waals surface area contributed by atoms with Gasteiger partial charge in [-0.15, -0.1) is 0 Å². The van der Waals surface area contributed by atoms with Crippen molar-refractivity contribution in [3.8, 4) is 0 Å². The van der Waals surface area contributed by atoms with Gasteiger partial charge in [0, 0.05) is 35.1 Å². The Morgan fingerprint density at radius 3 is 2.65 bits per heavy atom. The Morgan fingerprint density at radius 1 is 1.03 bits per heavy atom. The molecule has 2 aromatic heterocycles. The van der Waals surface area contributed by atoms with Crippen molar-refractivity contribution in [1.82, 2.24) is 14.5 Å². The molecule has 0 saturated carbocycles. The lowest BCUT2D eigenvalue weighted by Crippen LogP contribution is -3.00. The van der Waals surface area contributed by atoms with Gasteiger partial charge < -0.3 is 37.9 Å². The number of hydrogen-bond acceptors (Lipinski definition) is 2. The maximum Gasteiger partial charge on any atom is 0.227 e. The van der Waals surface area contributed by atoms with Gasteiger partial charge in [0.1, 0.15) is 0 Å². The smallest absolute Gasteiger partial charge is 0.227 e. The number of benzene rings is 2. The van der Waals surface area contributed by atoms with E-state index in [2.05, 4.69) is 74.3 Å². The highest BCUT2D eigenvalue weighted by Gasteiger charge is 2.27. The van der Waals surface area contributed by atoms with Crippen molar-refractivity contribution < 1.29 is 33.3 Å². The highest BCUT2D eigenvalue weighted by molar-refractivity contribution is 6.08. The zero-order valence-electron chi connectivity index (χ0n) is 22.0. The number of quaternary nitrogens is 1. The van der Waals surface area contributed by atoms with Gasteiger partial charge in [0.2, 0.25) is 5.91 Å². The number of carbonyl (C=O) groups is 1. The highest BCUT2D eigenvalue weighted by Crippen LogP contribution is 2.36. The van der Waals surface area contributed by atoms with E-state index in [1.165, 1.54) is 52.2 Å². The molecule has 4 aromatic rings. The van der Waals surface area contributed by atoms with Crippen LogP contribution in [0.4, 0.5) is 0 Å². The summed E-state index contributed by atoms with van der Waals surface area (Å²) in [4.78, 5) is 19.6. The zero-order chi connectivity index (χ0) is 24.9. The first-order chi connectivity index (χ1) is 17.4. The van der Waals surface area contributed by atoms with Gasteiger partial charge in [0.05, 0.1) is 57.9 Å². The first kappa shape index (κ1) is 25.9. The summed E-state index contributed by atoms with van der Waals surface area (Å²) in [5.41, 5.74) is 7.45. The number of nitrogens with zero attached hydrogens (tertiary/aromatic N) is 4. The van der Waals surface area contributed by atoms with Crippen LogP contribution in [-0.4, -0.2) is 65.1 Å². The average Bonchev–Trinajstić information content (AvgIpc) is 3.45. The summed E-state index contributed by atoms with van der Waals surface area (Å²) in [7, 11) is 6.67. The van der Waals surface area contributed by atoms with E-state index >= 15 is 0 Å². The molecule has 1 aliphatic heterocycles. The van der Waals surface area contributed by atoms with E-state index in [1.807, 2.05) is 17.2 Å². The van der Waals surface area contributed by atoms with E-state index in [0.29, 0.717) is 6.42 Å². The minimum Gasteiger partial charge on any atom is -1.00 e. The third-order valence-electron chi connectivity index (χ3n) is 8.21. The molecular weight excluding hydrogens is 571 g/mol. The zero-order valence-corrected chi connectivity index (χ0v) is 24.2. The number of carbonyl (C=O) groups excluding carboxylic acids is 1. The van der Waals surface area contributed by atoms with Gasteiger partial charge in [-0.2, -0.15) is 0 Å². The molecule has 6 rings (SSSR count). The number of amides is 1. The number of halogens is 1. The summed E-state index contributed by atoms with van der Waals surface area (Å²) < 4.78 is 3.39. The predicted molar refractivity (Wildman–Crippen MR) is 148 cm³/mol. The normalized spacial score (nSPS) is 16.9. The van der Waals surface area contributed by atoms with Crippen molar-refractivity contribution in [2.45, 2.75) is 25.7 Å². The Hall–Kier alpha value is -2.71. The molecule has 2 aliphatic rings. The standard InChI is InChI=1S/C31H35N4O.HI/c1-33-29-9-5-8-26(29)27-13-11-24-21-32-25(20-28(24)31(27)33)12-10-22-6-4-7-23(18-22)19-30(36)34-14-16-35(2,3)17-15-34;/h4,6-7,10-13,18,20-21H,5,8-9,14-17,19H2,1-3H3;1H/q+1;/p-1/b12-10+;. The molecule has 0 bridgehead atoms. The Bertz CT molecular complexity index is 1510. The quantitative estimate of drug-likeness (QED) is 0.263. The molecule has 5 nitrogen and oxygen atoms in total. The fraction of sp³-hybridized carbons (Fsp3) is 0.355. The Kier molecular flexibility index (Phi) is 7.16. The third-order valence-corrected chi connectivity index (χ3v) is 8.21. The highest BCUT2D eigenvalue weighted by atomic mass is 127. The topological polar surface area (TPSA) is 38.1 Å². The largest absolute Gasteiger partial charge is 1.00 e. The molecular formula is C31H35IN4O.